The summed E-state index contributed by atoms with van der Waals surface area (Å²) in [6, 6.07) is 17.3. The van der Waals surface area contributed by atoms with Gasteiger partial charge in [-0.3, -0.25) is 9.48 Å². The molecular formula is C33H38ClN9O2. The van der Waals surface area contributed by atoms with Crippen molar-refractivity contribution in [3.8, 4) is 17.3 Å². The van der Waals surface area contributed by atoms with Crippen molar-refractivity contribution in [3.05, 3.63) is 72.1 Å². The van der Waals surface area contributed by atoms with Crippen molar-refractivity contribution in [2.75, 3.05) is 41.4 Å². The third-order valence-corrected chi connectivity index (χ3v) is 8.16. The number of halogens is 1. The van der Waals surface area contributed by atoms with Crippen LogP contribution in [-0.4, -0.2) is 45.4 Å². The maximum absolute atomic E-state index is 12.2. The summed E-state index contributed by atoms with van der Waals surface area (Å²) in [5.74, 6) is 1.28. The molecule has 234 valence electrons. The fourth-order valence-corrected chi connectivity index (χ4v) is 5.37. The first-order valence-corrected chi connectivity index (χ1v) is 15.6. The van der Waals surface area contributed by atoms with Crippen molar-refractivity contribution >= 4 is 46.2 Å². The van der Waals surface area contributed by atoms with E-state index in [-0.39, 0.29) is 5.91 Å². The molecule has 1 aliphatic rings. The molecule has 12 heteroatoms. The number of benzene rings is 1. The Balaban J connectivity index is 1.08. The van der Waals surface area contributed by atoms with Crippen molar-refractivity contribution in [1.82, 2.24) is 19.7 Å². The molecule has 1 fully saturated rings. The summed E-state index contributed by atoms with van der Waals surface area (Å²) in [4.78, 5) is 21.4. The van der Waals surface area contributed by atoms with Gasteiger partial charge in [0.1, 0.15) is 11.6 Å². The maximum atomic E-state index is 12.2. The van der Waals surface area contributed by atoms with Gasteiger partial charge in [-0.2, -0.15) is 10.4 Å². The van der Waals surface area contributed by atoms with Crippen LogP contribution in [0, 0.1) is 16.7 Å². The third-order valence-electron chi connectivity index (χ3n) is 7.86. The molecular weight excluding hydrogens is 590 g/mol. The number of nitrogens with two attached hydrogens (primary N) is 1. The van der Waals surface area contributed by atoms with Crippen LogP contribution >= 0.6 is 11.6 Å². The number of aromatic nitrogens is 4. The number of nitrogens with zero attached hydrogens (tertiary/aromatic N) is 5. The highest BCUT2D eigenvalue weighted by Gasteiger charge is 2.32. The van der Waals surface area contributed by atoms with Crippen molar-refractivity contribution in [2.24, 2.45) is 5.41 Å². The van der Waals surface area contributed by atoms with E-state index in [4.69, 9.17) is 27.1 Å². The molecule has 5 N–H and O–H groups in total. The van der Waals surface area contributed by atoms with Crippen molar-refractivity contribution < 1.29 is 9.53 Å². The van der Waals surface area contributed by atoms with Crippen molar-refractivity contribution in [2.45, 2.75) is 51.5 Å². The summed E-state index contributed by atoms with van der Waals surface area (Å²) in [5, 5.41) is 24.2. The van der Waals surface area contributed by atoms with Gasteiger partial charge in [0, 0.05) is 50.7 Å². The van der Waals surface area contributed by atoms with E-state index < -0.39 is 5.41 Å². The number of unbranched alkanes of at least 4 members (excludes halogenated alkanes) is 3. The summed E-state index contributed by atoms with van der Waals surface area (Å²) in [7, 11) is 0. The Labute approximate surface area is 268 Å². The Bertz CT molecular complexity index is 1630. The smallest absolute Gasteiger partial charge is 0.224 e. The Morgan fingerprint density at radius 3 is 2.71 bits per heavy atom. The normalized spacial score (nSPS) is 14.0. The number of nitriles is 1. The molecule has 11 nitrogen and oxygen atoms in total. The average Bonchev–Trinajstić information content (AvgIpc) is 3.51. The van der Waals surface area contributed by atoms with Gasteiger partial charge in [0.15, 0.2) is 0 Å². The summed E-state index contributed by atoms with van der Waals surface area (Å²) < 4.78 is 7.33. The zero-order valence-corrected chi connectivity index (χ0v) is 25.9. The second-order valence-electron chi connectivity index (χ2n) is 11.2. The number of hydrogen-bond acceptors (Lipinski definition) is 9. The monoisotopic (exact) mass is 627 g/mol. The van der Waals surface area contributed by atoms with Gasteiger partial charge in [-0.1, -0.05) is 42.6 Å². The van der Waals surface area contributed by atoms with Gasteiger partial charge in [-0.25, -0.2) is 9.97 Å². The molecule has 0 unspecified atom stereocenters. The lowest BCUT2D eigenvalue weighted by Crippen LogP contribution is -2.34. The maximum Gasteiger partial charge on any atom is 0.224 e. The number of aryl methyl sites for hydroxylation is 1. The standard InChI is InChI=1S/C33H38ClN9O2/c34-26-20-37-31(18-25(26)28-10-7-11-30(41-28)38-23-33(22-35)13-16-45-17-14-33)40-24-19-39-43(21-24)15-6-2-1-3-12-32(44)42-29-9-5-4-8-27(29)36/h4-5,7-11,18-21H,1-3,6,12-17,23,36H2,(H,37,40)(H,38,41)(H,42,44). The quantitative estimate of drug-likeness (QED) is 0.0888. The number of nitrogens with one attached hydrogen (secondary N) is 3. The fourth-order valence-electron chi connectivity index (χ4n) is 5.17. The third kappa shape index (κ3) is 8.94. The predicted molar refractivity (Wildman–Crippen MR) is 177 cm³/mol. The van der Waals surface area contributed by atoms with E-state index in [0.717, 1.165) is 43.5 Å². The zero-order chi connectivity index (χ0) is 31.5. The van der Waals surface area contributed by atoms with Crippen LogP contribution in [-0.2, 0) is 16.1 Å². The van der Waals surface area contributed by atoms with Crippen molar-refractivity contribution in [3.63, 3.8) is 0 Å². The second-order valence-corrected chi connectivity index (χ2v) is 11.6. The lowest BCUT2D eigenvalue weighted by molar-refractivity contribution is -0.116. The minimum absolute atomic E-state index is 0.0195. The van der Waals surface area contributed by atoms with Gasteiger partial charge in [0.05, 0.1) is 45.5 Å². The van der Waals surface area contributed by atoms with E-state index in [1.807, 2.05) is 47.3 Å². The lowest BCUT2D eigenvalue weighted by atomic mass is 9.82. The van der Waals surface area contributed by atoms with Crippen LogP contribution in [0.2, 0.25) is 5.02 Å². The molecule has 3 aromatic heterocycles. The minimum Gasteiger partial charge on any atom is -0.397 e. The van der Waals surface area contributed by atoms with Crippen LogP contribution in [0.25, 0.3) is 11.3 Å². The van der Waals surface area contributed by atoms with Gasteiger partial charge in [-0.15, -0.1) is 0 Å². The molecule has 4 aromatic rings. The first-order valence-electron chi connectivity index (χ1n) is 15.2. The Kier molecular flexibility index (Phi) is 10.8. The van der Waals surface area contributed by atoms with E-state index in [1.165, 1.54) is 0 Å². The van der Waals surface area contributed by atoms with E-state index >= 15 is 0 Å². The number of para-hydroxylation sites is 2. The molecule has 1 amide bonds. The molecule has 4 heterocycles. The van der Waals surface area contributed by atoms with E-state index in [1.54, 1.807) is 24.5 Å². The molecule has 0 radical (unpaired) electrons. The van der Waals surface area contributed by atoms with Gasteiger partial charge < -0.3 is 26.4 Å². The van der Waals surface area contributed by atoms with Gasteiger partial charge in [0.2, 0.25) is 5.91 Å². The van der Waals surface area contributed by atoms with Gasteiger partial charge in [0.25, 0.3) is 0 Å². The number of amides is 1. The first kappa shape index (κ1) is 31.8. The Morgan fingerprint density at radius 2 is 1.89 bits per heavy atom. The van der Waals surface area contributed by atoms with Gasteiger partial charge >= 0.3 is 0 Å². The van der Waals surface area contributed by atoms with Crippen LogP contribution in [0.4, 0.5) is 28.7 Å². The summed E-state index contributed by atoms with van der Waals surface area (Å²) >= 11 is 6.54. The van der Waals surface area contributed by atoms with Crippen LogP contribution in [0.15, 0.2) is 67.1 Å². The lowest BCUT2D eigenvalue weighted by Gasteiger charge is -2.30. The molecule has 45 heavy (non-hydrogen) atoms. The molecule has 0 spiro atoms. The second kappa shape index (κ2) is 15.4. The van der Waals surface area contributed by atoms with Crippen LogP contribution in [0.5, 0.6) is 0 Å². The summed E-state index contributed by atoms with van der Waals surface area (Å²) in [6.07, 6.45) is 10.9. The minimum atomic E-state index is -0.456. The molecule has 1 aliphatic heterocycles. The van der Waals surface area contributed by atoms with Crippen molar-refractivity contribution in [1.29, 1.82) is 5.26 Å². The van der Waals surface area contributed by atoms with Gasteiger partial charge in [-0.05, 0) is 56.0 Å². The fraction of sp³-hybridized carbons (Fsp3) is 0.364. The zero-order valence-electron chi connectivity index (χ0n) is 25.1. The molecule has 0 bridgehead atoms. The average molecular weight is 628 g/mol. The number of ether oxygens (including phenoxy) is 1. The van der Waals surface area contributed by atoms with Crippen LogP contribution < -0.4 is 21.7 Å². The number of carbonyl (C=O) groups is 1. The number of nitrogen functional groups attached to an aromatic ring is 1. The number of carbonyl (C=O) groups excluding carboxylic acids is 1. The molecule has 0 atom stereocenters. The summed E-state index contributed by atoms with van der Waals surface area (Å²) in [5.41, 5.74) is 8.92. The highest BCUT2D eigenvalue weighted by atomic mass is 35.5. The molecule has 1 saturated heterocycles. The largest absolute Gasteiger partial charge is 0.397 e. The summed E-state index contributed by atoms with van der Waals surface area (Å²) in [6.45, 7) is 2.47. The van der Waals surface area contributed by atoms with Crippen LogP contribution in [0.1, 0.15) is 44.9 Å². The number of anilines is 5. The highest BCUT2D eigenvalue weighted by Crippen LogP contribution is 2.32. The first-order chi connectivity index (χ1) is 21.9. The highest BCUT2D eigenvalue weighted by molar-refractivity contribution is 6.33. The number of rotatable bonds is 14. The van der Waals surface area contributed by atoms with E-state index in [9.17, 15) is 10.1 Å². The Morgan fingerprint density at radius 1 is 1.07 bits per heavy atom. The molecule has 0 aliphatic carbocycles. The molecule has 5 rings (SSSR count). The van der Waals surface area contributed by atoms with E-state index in [2.05, 4.69) is 32.1 Å². The van der Waals surface area contributed by atoms with E-state index in [0.29, 0.717) is 72.7 Å². The number of hydrogen-bond donors (Lipinski definition) is 4. The molecule has 1 aromatic carbocycles. The predicted octanol–water partition coefficient (Wildman–Crippen LogP) is 6.64. The topological polar surface area (TPSA) is 156 Å². The SMILES string of the molecule is N#CC1(CNc2cccc(-c3cc(Nc4cnn(CCCCCCC(=O)Nc5ccccc5N)c4)ncc3Cl)n2)CCOCC1. The Hall–Kier alpha value is -4.66. The number of pyridine rings is 2. The van der Waals surface area contributed by atoms with Crippen LogP contribution in [0.3, 0.4) is 0 Å². The molecule has 0 saturated carbocycles.